The first-order chi connectivity index (χ1) is 11.8. The summed E-state index contributed by atoms with van der Waals surface area (Å²) in [7, 11) is 0. The average Bonchev–Trinajstić information content (AvgIpc) is 2.57. The Morgan fingerprint density at radius 3 is 2.36 bits per heavy atom. The number of halogens is 4. The Balaban J connectivity index is 1.78. The Bertz CT molecular complexity index is 793. The van der Waals surface area contributed by atoms with Gasteiger partial charge < -0.3 is 4.74 Å². The highest BCUT2D eigenvalue weighted by atomic mass is 35.5. The molecule has 1 aliphatic carbocycles. The second-order valence-corrected chi connectivity index (χ2v) is 6.88. The number of alkyl halides is 3. The molecule has 0 aliphatic heterocycles. The van der Waals surface area contributed by atoms with Gasteiger partial charge in [0.2, 0.25) is 0 Å². The largest absolute Gasteiger partial charge is 0.489 e. The van der Waals surface area contributed by atoms with E-state index in [4.69, 9.17) is 16.3 Å². The molecule has 0 unspecified atom stereocenters. The lowest BCUT2D eigenvalue weighted by atomic mass is 9.87. The van der Waals surface area contributed by atoms with Crippen molar-refractivity contribution in [3.05, 3.63) is 40.9 Å². The van der Waals surface area contributed by atoms with E-state index in [-0.39, 0.29) is 24.7 Å². The van der Waals surface area contributed by atoms with Crippen LogP contribution in [-0.4, -0.2) is 18.1 Å². The number of benzene rings is 2. The highest BCUT2D eigenvalue weighted by molar-refractivity contribution is 6.37. The maximum atomic E-state index is 12.7. The van der Waals surface area contributed by atoms with Crippen molar-refractivity contribution in [2.75, 3.05) is 0 Å². The summed E-state index contributed by atoms with van der Waals surface area (Å²) in [6, 6.07) is 8.83. The third-order valence-electron chi connectivity index (χ3n) is 4.76. The molecule has 0 spiro atoms. The van der Waals surface area contributed by atoms with E-state index in [1.165, 1.54) is 6.92 Å². The predicted octanol–water partition coefficient (Wildman–Crippen LogP) is 6.20. The number of fused-ring (bicyclic) bond motifs is 1. The molecular weight excluding hydrogens is 353 g/mol. The summed E-state index contributed by atoms with van der Waals surface area (Å²) in [6.07, 6.45) is -3.54. The third kappa shape index (κ3) is 3.92. The van der Waals surface area contributed by atoms with Crippen molar-refractivity contribution in [2.24, 2.45) is 5.92 Å². The molecule has 1 aliphatic rings. The second-order valence-electron chi connectivity index (χ2n) is 6.50. The molecule has 0 heterocycles. The molecular formula is C19H18ClF3O2. The first kappa shape index (κ1) is 18.1. The Labute approximate surface area is 148 Å². The molecule has 2 aromatic rings. The van der Waals surface area contributed by atoms with Crippen molar-refractivity contribution >= 4 is 28.2 Å². The number of hydrogen-bond donors (Lipinski definition) is 0. The van der Waals surface area contributed by atoms with Crippen molar-refractivity contribution in [3.8, 4) is 5.75 Å². The van der Waals surface area contributed by atoms with E-state index in [1.807, 2.05) is 12.1 Å². The fourth-order valence-electron chi connectivity index (χ4n) is 3.26. The van der Waals surface area contributed by atoms with Gasteiger partial charge in [-0.1, -0.05) is 29.8 Å². The quantitative estimate of drug-likeness (QED) is 0.601. The summed E-state index contributed by atoms with van der Waals surface area (Å²) < 4.78 is 44.1. The molecule has 0 N–H and O–H groups in total. The molecule has 25 heavy (non-hydrogen) atoms. The SMILES string of the molecule is CC(=O)c1ccc2ccc(O[C@H]3CC[C@@H](C(F)(F)F)CC3)c(Cl)c2c1. The van der Waals surface area contributed by atoms with Gasteiger partial charge in [0.15, 0.2) is 5.78 Å². The van der Waals surface area contributed by atoms with Crippen molar-refractivity contribution < 1.29 is 22.7 Å². The minimum atomic E-state index is -4.13. The summed E-state index contributed by atoms with van der Waals surface area (Å²) >= 11 is 6.42. The molecule has 0 saturated heterocycles. The van der Waals surface area contributed by atoms with E-state index < -0.39 is 12.1 Å². The van der Waals surface area contributed by atoms with Crippen molar-refractivity contribution in [3.63, 3.8) is 0 Å². The van der Waals surface area contributed by atoms with Crippen LogP contribution in [0.4, 0.5) is 13.2 Å². The topological polar surface area (TPSA) is 26.3 Å². The number of rotatable bonds is 3. The number of carbonyl (C=O) groups excluding carboxylic acids is 1. The maximum Gasteiger partial charge on any atom is 0.391 e. The van der Waals surface area contributed by atoms with Gasteiger partial charge in [-0.15, -0.1) is 0 Å². The maximum absolute atomic E-state index is 12.7. The van der Waals surface area contributed by atoms with Gasteiger partial charge in [-0.3, -0.25) is 4.79 Å². The Kier molecular flexibility index (Phi) is 4.96. The fourth-order valence-corrected chi connectivity index (χ4v) is 3.53. The van der Waals surface area contributed by atoms with E-state index >= 15 is 0 Å². The number of ether oxygens (including phenoxy) is 1. The molecule has 3 rings (SSSR count). The zero-order chi connectivity index (χ0) is 18.2. The number of hydrogen-bond acceptors (Lipinski definition) is 2. The summed E-state index contributed by atoms with van der Waals surface area (Å²) in [5.74, 6) is -0.849. The van der Waals surface area contributed by atoms with Gasteiger partial charge >= 0.3 is 6.18 Å². The molecule has 0 aromatic heterocycles. The minimum absolute atomic E-state index is 0.0604. The highest BCUT2D eigenvalue weighted by Crippen LogP contribution is 2.40. The summed E-state index contributed by atoms with van der Waals surface area (Å²) in [6.45, 7) is 1.48. The molecule has 1 fully saturated rings. The lowest BCUT2D eigenvalue weighted by Gasteiger charge is -2.30. The van der Waals surface area contributed by atoms with Crippen LogP contribution in [0.1, 0.15) is 43.0 Å². The first-order valence-corrected chi connectivity index (χ1v) is 8.60. The monoisotopic (exact) mass is 370 g/mol. The van der Waals surface area contributed by atoms with E-state index in [9.17, 15) is 18.0 Å². The molecule has 134 valence electrons. The normalized spacial score (nSPS) is 21.3. The van der Waals surface area contributed by atoms with E-state index in [0.717, 1.165) is 5.39 Å². The Hall–Kier alpha value is -1.75. The molecule has 2 aromatic carbocycles. The van der Waals surface area contributed by atoms with Crippen LogP contribution in [0.25, 0.3) is 10.8 Å². The fraction of sp³-hybridized carbons (Fsp3) is 0.421. The Morgan fingerprint density at radius 2 is 1.76 bits per heavy atom. The molecule has 2 nitrogen and oxygen atoms in total. The summed E-state index contributed by atoms with van der Waals surface area (Å²) in [4.78, 5) is 11.5. The first-order valence-electron chi connectivity index (χ1n) is 8.22. The van der Waals surface area contributed by atoms with Gasteiger partial charge in [0.1, 0.15) is 5.75 Å². The summed E-state index contributed by atoms with van der Waals surface area (Å²) in [5.41, 5.74) is 0.553. The zero-order valence-corrected chi connectivity index (χ0v) is 14.5. The van der Waals surface area contributed by atoms with E-state index in [0.29, 0.717) is 34.6 Å². The molecule has 6 heteroatoms. The van der Waals surface area contributed by atoms with Crippen molar-refractivity contribution in [1.82, 2.24) is 0 Å². The molecule has 0 amide bonds. The lowest BCUT2D eigenvalue weighted by Crippen LogP contribution is -2.31. The highest BCUT2D eigenvalue weighted by Gasteiger charge is 2.41. The number of ketones is 1. The smallest absolute Gasteiger partial charge is 0.391 e. The molecule has 1 saturated carbocycles. The third-order valence-corrected chi connectivity index (χ3v) is 5.15. The standard InChI is InChI=1S/C19H18ClF3O2/c1-11(24)13-3-2-12-4-9-17(18(20)16(12)10-13)25-15-7-5-14(6-8-15)19(21,22)23/h2-4,9-10,14-15H,5-8H2,1H3/t14-,15+. The zero-order valence-electron chi connectivity index (χ0n) is 13.7. The van der Waals surface area contributed by atoms with Gasteiger partial charge in [-0.25, -0.2) is 0 Å². The average molecular weight is 371 g/mol. The van der Waals surface area contributed by atoms with Crippen LogP contribution in [0, 0.1) is 5.92 Å². The van der Waals surface area contributed by atoms with Crippen LogP contribution in [0.3, 0.4) is 0 Å². The van der Waals surface area contributed by atoms with E-state index in [2.05, 4.69) is 0 Å². The van der Waals surface area contributed by atoms with Crippen LogP contribution >= 0.6 is 11.6 Å². The van der Waals surface area contributed by atoms with Crippen LogP contribution in [0.2, 0.25) is 5.02 Å². The summed E-state index contributed by atoms with van der Waals surface area (Å²) in [5, 5.41) is 1.97. The minimum Gasteiger partial charge on any atom is -0.489 e. The molecule has 0 atom stereocenters. The predicted molar refractivity (Wildman–Crippen MR) is 91.4 cm³/mol. The van der Waals surface area contributed by atoms with Crippen LogP contribution < -0.4 is 4.74 Å². The van der Waals surface area contributed by atoms with E-state index in [1.54, 1.807) is 18.2 Å². The Morgan fingerprint density at radius 1 is 1.12 bits per heavy atom. The van der Waals surface area contributed by atoms with Crippen LogP contribution in [0.5, 0.6) is 5.75 Å². The van der Waals surface area contributed by atoms with Gasteiger partial charge in [0.25, 0.3) is 0 Å². The van der Waals surface area contributed by atoms with Gasteiger partial charge in [0, 0.05) is 10.9 Å². The molecule has 0 bridgehead atoms. The van der Waals surface area contributed by atoms with Gasteiger partial charge in [-0.2, -0.15) is 13.2 Å². The second kappa shape index (κ2) is 6.87. The van der Waals surface area contributed by atoms with Crippen molar-refractivity contribution in [2.45, 2.75) is 44.9 Å². The van der Waals surface area contributed by atoms with Crippen LogP contribution in [-0.2, 0) is 0 Å². The number of Topliss-reactive ketones (excluding diaryl/α,β-unsaturated/α-hetero) is 1. The molecule has 0 radical (unpaired) electrons. The van der Waals surface area contributed by atoms with Gasteiger partial charge in [-0.05, 0) is 50.1 Å². The van der Waals surface area contributed by atoms with Crippen molar-refractivity contribution in [1.29, 1.82) is 0 Å². The van der Waals surface area contributed by atoms with Crippen LogP contribution in [0.15, 0.2) is 30.3 Å². The lowest BCUT2D eigenvalue weighted by molar-refractivity contribution is -0.185. The van der Waals surface area contributed by atoms with Gasteiger partial charge in [0.05, 0.1) is 17.0 Å². The number of carbonyl (C=O) groups is 1.